The van der Waals surface area contributed by atoms with Crippen molar-refractivity contribution in [2.75, 3.05) is 19.3 Å². The number of carbonyl (C=O) groups is 1. The van der Waals surface area contributed by atoms with Gasteiger partial charge in [0.25, 0.3) is 5.91 Å². The van der Waals surface area contributed by atoms with E-state index >= 15 is 0 Å². The van der Waals surface area contributed by atoms with Crippen LogP contribution in [0.1, 0.15) is 17.5 Å². The molecular weight excluding hydrogens is 368 g/mol. The fourth-order valence-electron chi connectivity index (χ4n) is 3.15. The number of anilines is 1. The molecule has 1 aliphatic heterocycles. The van der Waals surface area contributed by atoms with Crippen LogP contribution in [0.3, 0.4) is 0 Å². The highest BCUT2D eigenvalue weighted by atomic mass is 16.3. The number of amides is 1. The van der Waals surface area contributed by atoms with Gasteiger partial charge < -0.3 is 15.7 Å². The number of nitriles is 1. The number of pyridine rings is 1. The zero-order valence-corrected chi connectivity index (χ0v) is 15.5. The van der Waals surface area contributed by atoms with E-state index < -0.39 is 11.5 Å². The number of nitrogens with two attached hydrogens (primary N) is 1. The molecule has 8 heteroatoms. The van der Waals surface area contributed by atoms with Crippen LogP contribution in [0.5, 0.6) is 0 Å². The standard InChI is InChI=1S/C21H16N6O2/c1-27-8-7-21(29,20(27)28)6-5-13-3-2-4-14(9-13)19-25-12-16-15(10-22)11-24-18(23)17(16)26-19/h2-4,9,11-12,29H,7-8H2,1H3,(H2,23,24)/t21-/m0/s1. The highest BCUT2D eigenvalue weighted by molar-refractivity contribution is 5.92. The van der Waals surface area contributed by atoms with Crippen molar-refractivity contribution in [2.45, 2.75) is 12.0 Å². The van der Waals surface area contributed by atoms with Crippen LogP contribution >= 0.6 is 0 Å². The second-order valence-corrected chi connectivity index (χ2v) is 6.79. The molecule has 0 spiro atoms. The fourth-order valence-corrected chi connectivity index (χ4v) is 3.15. The van der Waals surface area contributed by atoms with Crippen molar-refractivity contribution >= 4 is 22.6 Å². The largest absolute Gasteiger partial charge is 0.382 e. The van der Waals surface area contributed by atoms with E-state index in [4.69, 9.17) is 5.73 Å². The number of benzene rings is 1. The highest BCUT2D eigenvalue weighted by Crippen LogP contribution is 2.24. The van der Waals surface area contributed by atoms with Crippen LogP contribution < -0.4 is 5.73 Å². The molecule has 1 aromatic carbocycles. The van der Waals surface area contributed by atoms with Crippen molar-refractivity contribution in [1.82, 2.24) is 19.9 Å². The molecule has 1 atom stereocenters. The first-order chi connectivity index (χ1) is 13.9. The summed E-state index contributed by atoms with van der Waals surface area (Å²) < 4.78 is 0. The maximum Gasteiger partial charge on any atom is 0.267 e. The highest BCUT2D eigenvalue weighted by Gasteiger charge is 2.42. The third-order valence-electron chi connectivity index (χ3n) is 4.82. The molecule has 1 amide bonds. The maximum atomic E-state index is 12.1. The van der Waals surface area contributed by atoms with Crippen LogP contribution in [-0.4, -0.2) is 50.1 Å². The van der Waals surface area contributed by atoms with Crippen LogP contribution in [0.25, 0.3) is 22.3 Å². The predicted molar refractivity (Wildman–Crippen MR) is 106 cm³/mol. The summed E-state index contributed by atoms with van der Waals surface area (Å²) in [5.41, 5.74) is 6.30. The number of rotatable bonds is 1. The van der Waals surface area contributed by atoms with Gasteiger partial charge in [-0.2, -0.15) is 5.26 Å². The summed E-state index contributed by atoms with van der Waals surface area (Å²) in [7, 11) is 1.64. The number of fused-ring (bicyclic) bond motifs is 1. The smallest absolute Gasteiger partial charge is 0.267 e. The van der Waals surface area contributed by atoms with Gasteiger partial charge in [0, 0.05) is 48.9 Å². The summed E-state index contributed by atoms with van der Waals surface area (Å²) in [6.07, 6.45) is 3.21. The van der Waals surface area contributed by atoms with Gasteiger partial charge in [-0.05, 0) is 12.1 Å². The van der Waals surface area contributed by atoms with Crippen LogP contribution in [0, 0.1) is 23.2 Å². The number of aromatic nitrogens is 3. The number of hydrogen-bond donors (Lipinski definition) is 2. The SMILES string of the molecule is CN1CC[C@@](O)(C#Cc2cccc(-c3ncc4c(C#N)cnc(N)c4n3)c2)C1=O. The van der Waals surface area contributed by atoms with Crippen LogP contribution in [0.4, 0.5) is 5.82 Å². The fraction of sp³-hybridized carbons (Fsp3) is 0.190. The number of aliphatic hydroxyl groups is 1. The zero-order chi connectivity index (χ0) is 20.6. The quantitative estimate of drug-likeness (QED) is 0.601. The molecule has 4 rings (SSSR count). The first kappa shape index (κ1) is 18.4. The van der Waals surface area contributed by atoms with Crippen molar-refractivity contribution in [3.63, 3.8) is 0 Å². The lowest BCUT2D eigenvalue weighted by Gasteiger charge is -2.13. The summed E-state index contributed by atoms with van der Waals surface area (Å²) in [6, 6.07) is 9.18. The summed E-state index contributed by atoms with van der Waals surface area (Å²) in [6.45, 7) is 0.467. The van der Waals surface area contributed by atoms with E-state index in [0.29, 0.717) is 40.0 Å². The van der Waals surface area contributed by atoms with E-state index in [1.807, 2.05) is 12.1 Å². The Labute approximate surface area is 166 Å². The Balaban J connectivity index is 1.72. The molecule has 3 N–H and O–H groups in total. The van der Waals surface area contributed by atoms with Gasteiger partial charge in [-0.1, -0.05) is 24.0 Å². The minimum Gasteiger partial charge on any atom is -0.382 e. The zero-order valence-electron chi connectivity index (χ0n) is 15.5. The molecule has 8 nitrogen and oxygen atoms in total. The van der Waals surface area contributed by atoms with Crippen LogP contribution in [0.15, 0.2) is 36.7 Å². The Morgan fingerprint density at radius 2 is 2.14 bits per heavy atom. The van der Waals surface area contributed by atoms with Crippen LogP contribution in [0.2, 0.25) is 0 Å². The van der Waals surface area contributed by atoms with E-state index in [9.17, 15) is 15.2 Å². The van der Waals surface area contributed by atoms with E-state index in [0.717, 1.165) is 0 Å². The molecule has 0 saturated carbocycles. The van der Waals surface area contributed by atoms with E-state index in [2.05, 4.69) is 26.8 Å². The van der Waals surface area contributed by atoms with Gasteiger partial charge in [-0.15, -0.1) is 0 Å². The van der Waals surface area contributed by atoms with Gasteiger partial charge in [0.05, 0.1) is 5.56 Å². The van der Waals surface area contributed by atoms with Gasteiger partial charge in [0.1, 0.15) is 17.4 Å². The topological polar surface area (TPSA) is 129 Å². The lowest BCUT2D eigenvalue weighted by atomic mass is 10.0. The molecule has 2 aromatic heterocycles. The molecule has 0 unspecified atom stereocenters. The van der Waals surface area contributed by atoms with Crippen LogP contribution in [-0.2, 0) is 4.79 Å². The average molecular weight is 384 g/mol. The first-order valence-corrected chi connectivity index (χ1v) is 8.84. The third kappa shape index (κ3) is 3.22. The maximum absolute atomic E-state index is 12.1. The van der Waals surface area contributed by atoms with Crippen molar-refractivity contribution < 1.29 is 9.90 Å². The monoisotopic (exact) mass is 384 g/mol. The number of nitrogens with zero attached hydrogens (tertiary/aromatic N) is 5. The van der Waals surface area contributed by atoms with Gasteiger partial charge in [-0.25, -0.2) is 15.0 Å². The van der Waals surface area contributed by atoms with Gasteiger partial charge in [0.15, 0.2) is 5.82 Å². The summed E-state index contributed by atoms with van der Waals surface area (Å²) in [5.74, 6) is 5.79. The second kappa shape index (κ2) is 6.86. The lowest BCUT2D eigenvalue weighted by Crippen LogP contribution is -2.37. The summed E-state index contributed by atoms with van der Waals surface area (Å²) in [5, 5.41) is 20.2. The normalized spacial score (nSPS) is 18.4. The molecule has 1 aliphatic rings. The number of likely N-dealkylation sites (N-methyl/N-ethyl adjacent to an activating group) is 1. The average Bonchev–Trinajstić information content (AvgIpc) is 3.00. The van der Waals surface area contributed by atoms with Crippen molar-refractivity contribution in [1.29, 1.82) is 5.26 Å². The Morgan fingerprint density at radius 3 is 2.86 bits per heavy atom. The molecule has 1 fully saturated rings. The molecule has 3 heterocycles. The molecule has 142 valence electrons. The first-order valence-electron chi connectivity index (χ1n) is 8.84. The van der Waals surface area contributed by atoms with Gasteiger partial charge >= 0.3 is 0 Å². The predicted octanol–water partition coefficient (Wildman–Crippen LogP) is 1.09. The Morgan fingerprint density at radius 1 is 1.31 bits per heavy atom. The number of hydrogen-bond acceptors (Lipinski definition) is 7. The molecule has 0 radical (unpaired) electrons. The molecule has 1 saturated heterocycles. The van der Waals surface area contributed by atoms with Crippen molar-refractivity contribution in [2.24, 2.45) is 0 Å². The van der Waals surface area contributed by atoms with Crippen molar-refractivity contribution in [3.05, 3.63) is 47.8 Å². The number of likely N-dealkylation sites (tertiary alicyclic amines) is 1. The number of nitrogen functional groups attached to an aromatic ring is 1. The third-order valence-corrected chi connectivity index (χ3v) is 4.82. The molecule has 0 aliphatic carbocycles. The van der Waals surface area contributed by atoms with E-state index in [1.165, 1.54) is 11.1 Å². The molecule has 29 heavy (non-hydrogen) atoms. The Kier molecular flexibility index (Phi) is 4.34. The van der Waals surface area contributed by atoms with E-state index in [-0.39, 0.29) is 12.2 Å². The van der Waals surface area contributed by atoms with Gasteiger partial charge in [-0.3, -0.25) is 4.79 Å². The Bertz CT molecular complexity index is 1250. The summed E-state index contributed by atoms with van der Waals surface area (Å²) in [4.78, 5) is 26.3. The summed E-state index contributed by atoms with van der Waals surface area (Å²) >= 11 is 0. The molecule has 0 bridgehead atoms. The minimum absolute atomic E-state index is 0.213. The Hall–Kier alpha value is -4.01. The van der Waals surface area contributed by atoms with Gasteiger partial charge in [0.2, 0.25) is 5.60 Å². The molecule has 3 aromatic rings. The lowest BCUT2D eigenvalue weighted by molar-refractivity contribution is -0.137. The minimum atomic E-state index is -1.65. The second-order valence-electron chi connectivity index (χ2n) is 6.79. The van der Waals surface area contributed by atoms with Crippen molar-refractivity contribution in [3.8, 4) is 29.3 Å². The number of carbonyl (C=O) groups excluding carboxylic acids is 1. The van der Waals surface area contributed by atoms with E-state index in [1.54, 1.807) is 31.4 Å². The molecular formula is C21H16N6O2.